The fourth-order valence-electron chi connectivity index (χ4n) is 2.95. The molecule has 92 valence electrons. The van der Waals surface area contributed by atoms with Crippen molar-refractivity contribution in [2.75, 3.05) is 39.8 Å². The van der Waals surface area contributed by atoms with Crippen molar-refractivity contribution in [3.05, 3.63) is 0 Å². The minimum absolute atomic E-state index is 0.192. The van der Waals surface area contributed by atoms with Crippen molar-refractivity contribution in [2.45, 2.75) is 18.9 Å². The van der Waals surface area contributed by atoms with Crippen LogP contribution in [0.25, 0.3) is 0 Å². The number of likely N-dealkylation sites (tertiary alicyclic amines) is 2. The molecule has 2 saturated heterocycles. The van der Waals surface area contributed by atoms with Gasteiger partial charge in [0.25, 0.3) is 0 Å². The van der Waals surface area contributed by atoms with Gasteiger partial charge in [-0.05, 0) is 19.4 Å². The third kappa shape index (κ3) is 1.95. The number of carbonyl (C=O) groups excluding carboxylic acids is 1. The minimum atomic E-state index is -0.692. The third-order valence-corrected chi connectivity index (χ3v) is 3.68. The van der Waals surface area contributed by atoms with E-state index in [0.717, 1.165) is 32.5 Å². The molecule has 1 amide bonds. The molecule has 2 N–H and O–H groups in total. The number of nitrogens with zero attached hydrogens (tertiary/aromatic N) is 2. The van der Waals surface area contributed by atoms with Gasteiger partial charge >= 0.3 is 0 Å². The first-order valence-electron chi connectivity index (χ1n) is 5.84. The Labute approximate surface area is 95.6 Å². The summed E-state index contributed by atoms with van der Waals surface area (Å²) in [5, 5.41) is 18.2. The first kappa shape index (κ1) is 11.8. The fourth-order valence-corrected chi connectivity index (χ4v) is 2.95. The average Bonchev–Trinajstić information content (AvgIpc) is 2.29. The number of amides is 1. The Morgan fingerprint density at radius 3 is 2.81 bits per heavy atom. The molecule has 0 aromatic heterocycles. The molecule has 5 heteroatoms. The summed E-state index contributed by atoms with van der Waals surface area (Å²) in [7, 11) is 1.83. The van der Waals surface area contributed by atoms with E-state index in [0.29, 0.717) is 6.54 Å². The molecule has 2 atom stereocenters. The molecule has 2 heterocycles. The first-order chi connectivity index (χ1) is 7.57. The lowest BCUT2D eigenvalue weighted by Crippen LogP contribution is -2.66. The Bertz CT molecular complexity index is 280. The van der Waals surface area contributed by atoms with Crippen molar-refractivity contribution >= 4 is 5.91 Å². The number of β-amino-alcohol motifs (C(OH)–C–C–N with tert-alkyl or cyclic N) is 1. The number of β-lactam (4-membered cyclic amide) rings is 1. The van der Waals surface area contributed by atoms with E-state index in [-0.39, 0.29) is 17.9 Å². The van der Waals surface area contributed by atoms with Gasteiger partial charge in [-0.25, -0.2) is 0 Å². The second-order valence-corrected chi connectivity index (χ2v) is 5.12. The van der Waals surface area contributed by atoms with Gasteiger partial charge in [0, 0.05) is 26.7 Å². The zero-order chi connectivity index (χ0) is 11.8. The van der Waals surface area contributed by atoms with Gasteiger partial charge in [-0.15, -0.1) is 0 Å². The Hall–Kier alpha value is -0.650. The molecule has 2 aliphatic heterocycles. The maximum Gasteiger partial charge on any atom is 0.231 e. The average molecular weight is 228 g/mol. The summed E-state index contributed by atoms with van der Waals surface area (Å²) in [6, 6.07) is 0. The molecule has 16 heavy (non-hydrogen) atoms. The summed E-state index contributed by atoms with van der Waals surface area (Å²) >= 11 is 0. The van der Waals surface area contributed by atoms with Gasteiger partial charge in [0.1, 0.15) is 0 Å². The molecule has 2 aliphatic rings. The smallest absolute Gasteiger partial charge is 0.231 e. The Kier molecular flexibility index (Phi) is 3.19. The SMILES string of the molecule is CN1C[C@]2(CCCN(C[C@H](O)CO)C2)C1=O. The third-order valence-electron chi connectivity index (χ3n) is 3.68. The number of aliphatic hydroxyl groups is 2. The summed E-state index contributed by atoms with van der Waals surface area (Å²) in [6.45, 7) is 2.73. The van der Waals surface area contributed by atoms with Crippen LogP contribution in [0.15, 0.2) is 0 Å². The van der Waals surface area contributed by atoms with Crippen LogP contribution in [0.4, 0.5) is 0 Å². The second kappa shape index (κ2) is 4.31. The molecule has 2 rings (SSSR count). The number of hydrogen-bond acceptors (Lipinski definition) is 4. The molecule has 0 aliphatic carbocycles. The van der Waals surface area contributed by atoms with E-state index in [1.54, 1.807) is 4.90 Å². The Balaban J connectivity index is 1.92. The highest BCUT2D eigenvalue weighted by Crippen LogP contribution is 2.39. The number of hydrogen-bond donors (Lipinski definition) is 2. The molecule has 0 radical (unpaired) electrons. The van der Waals surface area contributed by atoms with Gasteiger partial charge in [-0.3, -0.25) is 9.69 Å². The number of piperidine rings is 1. The number of aliphatic hydroxyl groups excluding tert-OH is 2. The lowest BCUT2D eigenvalue weighted by molar-refractivity contribution is -0.164. The summed E-state index contributed by atoms with van der Waals surface area (Å²) in [5.41, 5.74) is -0.192. The molecular formula is C11H20N2O3. The van der Waals surface area contributed by atoms with E-state index >= 15 is 0 Å². The van der Waals surface area contributed by atoms with E-state index in [2.05, 4.69) is 4.90 Å². The molecule has 0 unspecified atom stereocenters. The Morgan fingerprint density at radius 1 is 1.50 bits per heavy atom. The zero-order valence-electron chi connectivity index (χ0n) is 9.72. The van der Waals surface area contributed by atoms with Crippen molar-refractivity contribution in [3.63, 3.8) is 0 Å². The fraction of sp³-hybridized carbons (Fsp3) is 0.909. The standard InChI is InChI=1S/C11H20N2O3/c1-12-7-11(10(12)16)3-2-4-13(8-11)5-9(15)6-14/h9,14-15H,2-8H2,1H3/t9-,11-/m0/s1. The molecule has 0 bridgehead atoms. The van der Waals surface area contributed by atoms with E-state index in [1.165, 1.54) is 0 Å². The first-order valence-corrected chi connectivity index (χ1v) is 5.84. The predicted octanol–water partition coefficient (Wildman–Crippen LogP) is -1.11. The van der Waals surface area contributed by atoms with Crippen molar-refractivity contribution in [1.29, 1.82) is 0 Å². The topological polar surface area (TPSA) is 64.0 Å². The van der Waals surface area contributed by atoms with Crippen molar-refractivity contribution in [2.24, 2.45) is 5.41 Å². The van der Waals surface area contributed by atoms with Crippen LogP contribution in [0, 0.1) is 5.41 Å². The number of rotatable bonds is 3. The van der Waals surface area contributed by atoms with E-state index < -0.39 is 6.10 Å². The quantitative estimate of drug-likeness (QED) is 0.602. The molecular weight excluding hydrogens is 208 g/mol. The van der Waals surface area contributed by atoms with Crippen LogP contribution in [-0.4, -0.2) is 71.9 Å². The monoisotopic (exact) mass is 228 g/mol. The number of carbonyl (C=O) groups is 1. The van der Waals surface area contributed by atoms with Crippen LogP contribution >= 0.6 is 0 Å². The van der Waals surface area contributed by atoms with E-state index in [1.807, 2.05) is 7.05 Å². The van der Waals surface area contributed by atoms with Gasteiger partial charge < -0.3 is 15.1 Å². The maximum atomic E-state index is 11.8. The Morgan fingerprint density at radius 2 is 2.25 bits per heavy atom. The maximum absolute atomic E-state index is 11.8. The van der Waals surface area contributed by atoms with Gasteiger partial charge in [0.2, 0.25) is 5.91 Å². The molecule has 1 spiro atoms. The second-order valence-electron chi connectivity index (χ2n) is 5.12. The van der Waals surface area contributed by atoms with Gasteiger partial charge in [-0.1, -0.05) is 0 Å². The molecule has 0 aromatic rings. The summed E-state index contributed by atoms with van der Waals surface area (Å²) in [5.74, 6) is 0.232. The van der Waals surface area contributed by atoms with Crippen LogP contribution in [-0.2, 0) is 4.79 Å². The van der Waals surface area contributed by atoms with Crippen molar-refractivity contribution < 1.29 is 15.0 Å². The largest absolute Gasteiger partial charge is 0.394 e. The van der Waals surface area contributed by atoms with E-state index in [4.69, 9.17) is 5.11 Å². The highest BCUT2D eigenvalue weighted by Gasteiger charge is 2.52. The molecule has 5 nitrogen and oxygen atoms in total. The van der Waals surface area contributed by atoms with Gasteiger partial charge in [-0.2, -0.15) is 0 Å². The van der Waals surface area contributed by atoms with E-state index in [9.17, 15) is 9.90 Å². The summed E-state index contributed by atoms with van der Waals surface area (Å²) in [4.78, 5) is 15.7. The lowest BCUT2D eigenvalue weighted by atomic mass is 9.72. The van der Waals surface area contributed by atoms with Crippen LogP contribution in [0.5, 0.6) is 0 Å². The van der Waals surface area contributed by atoms with Crippen LogP contribution < -0.4 is 0 Å². The lowest BCUT2D eigenvalue weighted by Gasteiger charge is -2.52. The highest BCUT2D eigenvalue weighted by atomic mass is 16.3. The van der Waals surface area contributed by atoms with Gasteiger partial charge in [0.05, 0.1) is 18.1 Å². The molecule has 2 fully saturated rings. The normalized spacial score (nSPS) is 32.9. The minimum Gasteiger partial charge on any atom is -0.394 e. The zero-order valence-corrected chi connectivity index (χ0v) is 9.72. The molecule has 0 aromatic carbocycles. The highest BCUT2D eigenvalue weighted by molar-refractivity contribution is 5.88. The molecule has 0 saturated carbocycles. The van der Waals surface area contributed by atoms with Crippen LogP contribution in [0.3, 0.4) is 0 Å². The predicted molar refractivity (Wildman–Crippen MR) is 58.8 cm³/mol. The van der Waals surface area contributed by atoms with Crippen molar-refractivity contribution in [1.82, 2.24) is 9.80 Å². The van der Waals surface area contributed by atoms with Crippen molar-refractivity contribution in [3.8, 4) is 0 Å². The van der Waals surface area contributed by atoms with Gasteiger partial charge in [0.15, 0.2) is 0 Å². The van der Waals surface area contributed by atoms with Crippen LogP contribution in [0.1, 0.15) is 12.8 Å². The summed E-state index contributed by atoms with van der Waals surface area (Å²) in [6.07, 6.45) is 1.27. The van der Waals surface area contributed by atoms with Crippen LogP contribution in [0.2, 0.25) is 0 Å². The summed E-state index contributed by atoms with van der Waals surface area (Å²) < 4.78 is 0.